The number of ether oxygens (including phenoxy) is 2. The van der Waals surface area contributed by atoms with Crippen LogP contribution in [0.1, 0.15) is 36.8 Å². The Morgan fingerprint density at radius 3 is 2.28 bits per heavy atom. The summed E-state index contributed by atoms with van der Waals surface area (Å²) >= 11 is 0. The molecule has 29 heavy (non-hydrogen) atoms. The molecule has 0 radical (unpaired) electrons. The summed E-state index contributed by atoms with van der Waals surface area (Å²) < 4.78 is 49.7. The Morgan fingerprint density at radius 1 is 0.966 bits per heavy atom. The first-order chi connectivity index (χ1) is 14.0. The van der Waals surface area contributed by atoms with E-state index in [1.54, 1.807) is 24.3 Å². The van der Waals surface area contributed by atoms with Gasteiger partial charge in [-0.3, -0.25) is 0 Å². The molecule has 0 spiro atoms. The molecule has 0 aliphatic rings. The Labute approximate surface area is 167 Å². The normalized spacial score (nSPS) is 11.0. The largest absolute Gasteiger partial charge is 0.494 e. The van der Waals surface area contributed by atoms with Gasteiger partial charge in [0.15, 0.2) is 17.5 Å². The number of unbranched alkanes of at least 4 members (excludes halogenated alkanes) is 3. The molecule has 2 aromatic carbocycles. The average Bonchev–Trinajstić information content (AvgIpc) is 2.72. The van der Waals surface area contributed by atoms with E-state index in [4.69, 9.17) is 14.6 Å². The first-order valence-electron chi connectivity index (χ1n) is 9.31. The second-order valence-electron chi connectivity index (χ2n) is 6.37. The minimum Gasteiger partial charge on any atom is -0.494 e. The fraction of sp³-hybridized carbons (Fsp3) is 0.318. The molecule has 0 saturated heterocycles. The summed E-state index contributed by atoms with van der Waals surface area (Å²) in [5.41, 5.74) is 0.761. The first-order valence-corrected chi connectivity index (χ1v) is 9.31. The topological polar surface area (TPSA) is 55.8 Å². The molecule has 2 aromatic rings. The Bertz CT molecular complexity index is 796. The second-order valence-corrected chi connectivity index (χ2v) is 6.37. The van der Waals surface area contributed by atoms with Crippen molar-refractivity contribution in [2.24, 2.45) is 0 Å². The smallest absolute Gasteiger partial charge is 0.331 e. The van der Waals surface area contributed by atoms with Crippen molar-refractivity contribution in [2.45, 2.75) is 32.3 Å². The molecule has 0 fully saturated rings. The van der Waals surface area contributed by atoms with Gasteiger partial charge in [0.05, 0.1) is 6.61 Å². The molecule has 0 heterocycles. The number of carbonyl (C=O) groups is 1. The van der Waals surface area contributed by atoms with E-state index in [-0.39, 0.29) is 18.8 Å². The summed E-state index contributed by atoms with van der Waals surface area (Å²) in [6.45, 7) is 0.437. The highest BCUT2D eigenvalue weighted by molar-refractivity contribution is 5.87. The standard InChI is InChI=1S/C22H23F3O4/c23-19-13-17(14-20(24)22(19)25)15-29-21(27)10-7-16-5-8-18(9-6-16)28-12-4-2-1-3-11-26/h5-10,13-14,26H,1-4,11-12,15H2/b10-7+. The van der Waals surface area contributed by atoms with Crippen molar-refractivity contribution in [3.8, 4) is 5.75 Å². The Balaban J connectivity index is 1.75. The van der Waals surface area contributed by atoms with Gasteiger partial charge >= 0.3 is 5.97 Å². The maximum absolute atomic E-state index is 13.1. The highest BCUT2D eigenvalue weighted by Gasteiger charge is 2.11. The zero-order valence-electron chi connectivity index (χ0n) is 15.9. The van der Waals surface area contributed by atoms with Crippen LogP contribution in [0.5, 0.6) is 5.75 Å². The lowest BCUT2D eigenvalue weighted by Gasteiger charge is -2.06. The molecule has 0 unspecified atom stereocenters. The number of aliphatic hydroxyl groups excluding tert-OH is 1. The molecular weight excluding hydrogens is 385 g/mol. The number of hydrogen-bond acceptors (Lipinski definition) is 4. The van der Waals surface area contributed by atoms with Gasteiger partial charge in [0.1, 0.15) is 12.4 Å². The van der Waals surface area contributed by atoms with Gasteiger partial charge in [-0.2, -0.15) is 0 Å². The first kappa shape index (κ1) is 22.5. The lowest BCUT2D eigenvalue weighted by Crippen LogP contribution is -2.02. The van der Waals surface area contributed by atoms with E-state index in [1.165, 1.54) is 12.2 Å². The number of halogens is 3. The van der Waals surface area contributed by atoms with Crippen molar-refractivity contribution in [1.82, 2.24) is 0 Å². The third-order valence-corrected chi connectivity index (χ3v) is 4.04. The predicted molar refractivity (Wildman–Crippen MR) is 103 cm³/mol. The van der Waals surface area contributed by atoms with Crippen LogP contribution in [0.15, 0.2) is 42.5 Å². The van der Waals surface area contributed by atoms with E-state index in [2.05, 4.69) is 0 Å². The van der Waals surface area contributed by atoms with E-state index >= 15 is 0 Å². The summed E-state index contributed by atoms with van der Waals surface area (Å²) in [6.07, 6.45) is 6.42. The molecule has 7 heteroatoms. The summed E-state index contributed by atoms with van der Waals surface area (Å²) in [4.78, 5) is 11.7. The zero-order valence-corrected chi connectivity index (χ0v) is 15.9. The van der Waals surface area contributed by atoms with Gasteiger partial charge in [-0.1, -0.05) is 18.6 Å². The maximum atomic E-state index is 13.1. The Morgan fingerprint density at radius 2 is 1.62 bits per heavy atom. The summed E-state index contributed by atoms with van der Waals surface area (Å²) in [5, 5.41) is 8.71. The molecule has 1 N–H and O–H groups in total. The molecule has 0 aliphatic carbocycles. The van der Waals surface area contributed by atoms with Crippen LogP contribution < -0.4 is 4.74 Å². The molecular formula is C22H23F3O4. The highest BCUT2D eigenvalue weighted by Crippen LogP contribution is 2.16. The van der Waals surface area contributed by atoms with Crippen molar-refractivity contribution in [3.05, 3.63) is 71.1 Å². The van der Waals surface area contributed by atoms with Crippen LogP contribution in [-0.2, 0) is 16.1 Å². The number of aliphatic hydroxyl groups is 1. The van der Waals surface area contributed by atoms with Crippen LogP contribution >= 0.6 is 0 Å². The number of esters is 1. The van der Waals surface area contributed by atoms with E-state index in [1.807, 2.05) is 0 Å². The van der Waals surface area contributed by atoms with Crippen LogP contribution in [0.25, 0.3) is 6.08 Å². The van der Waals surface area contributed by atoms with Crippen LogP contribution in [0.3, 0.4) is 0 Å². The fourth-order valence-corrected chi connectivity index (χ4v) is 2.49. The third kappa shape index (κ3) is 7.99. The predicted octanol–water partition coefficient (Wildman–Crippen LogP) is 4.79. The lowest BCUT2D eigenvalue weighted by atomic mass is 10.2. The van der Waals surface area contributed by atoms with Crippen molar-refractivity contribution in [2.75, 3.05) is 13.2 Å². The fourth-order valence-electron chi connectivity index (χ4n) is 2.49. The average molecular weight is 408 g/mol. The minimum absolute atomic E-state index is 0.0148. The van der Waals surface area contributed by atoms with Crippen LogP contribution in [0.2, 0.25) is 0 Å². The van der Waals surface area contributed by atoms with E-state index < -0.39 is 23.4 Å². The van der Waals surface area contributed by atoms with E-state index in [0.717, 1.165) is 43.4 Å². The van der Waals surface area contributed by atoms with Gasteiger partial charge in [0.2, 0.25) is 0 Å². The SMILES string of the molecule is O=C(/C=C/c1ccc(OCCCCCCO)cc1)OCc1cc(F)c(F)c(F)c1. The minimum atomic E-state index is -1.56. The molecule has 4 nitrogen and oxygen atoms in total. The number of rotatable bonds is 11. The van der Waals surface area contributed by atoms with Crippen molar-refractivity contribution >= 4 is 12.0 Å². The van der Waals surface area contributed by atoms with Crippen LogP contribution in [-0.4, -0.2) is 24.3 Å². The van der Waals surface area contributed by atoms with Gasteiger partial charge in [0, 0.05) is 12.7 Å². The van der Waals surface area contributed by atoms with Crippen molar-refractivity contribution < 1.29 is 32.5 Å². The third-order valence-electron chi connectivity index (χ3n) is 4.04. The molecule has 2 rings (SSSR count). The maximum Gasteiger partial charge on any atom is 0.331 e. The van der Waals surface area contributed by atoms with Crippen molar-refractivity contribution in [1.29, 1.82) is 0 Å². The van der Waals surface area contributed by atoms with Crippen LogP contribution in [0, 0.1) is 17.5 Å². The Hall–Kier alpha value is -2.80. The summed E-state index contributed by atoms with van der Waals surface area (Å²) in [5.74, 6) is -4.21. The van der Waals surface area contributed by atoms with E-state index in [9.17, 15) is 18.0 Å². The molecule has 0 amide bonds. The van der Waals surface area contributed by atoms with Gasteiger partial charge in [-0.25, -0.2) is 18.0 Å². The quantitative estimate of drug-likeness (QED) is 0.251. The van der Waals surface area contributed by atoms with Gasteiger partial charge in [-0.15, -0.1) is 0 Å². The van der Waals surface area contributed by atoms with E-state index in [0.29, 0.717) is 12.4 Å². The highest BCUT2D eigenvalue weighted by atomic mass is 19.2. The summed E-state index contributed by atoms with van der Waals surface area (Å²) in [7, 11) is 0. The van der Waals surface area contributed by atoms with Gasteiger partial charge in [-0.05, 0) is 60.7 Å². The number of carbonyl (C=O) groups excluding carboxylic acids is 1. The Kier molecular flexibility index (Phi) is 9.24. The molecule has 0 aromatic heterocycles. The zero-order chi connectivity index (χ0) is 21.1. The molecule has 0 atom stereocenters. The molecule has 0 saturated carbocycles. The monoisotopic (exact) mass is 408 g/mol. The van der Waals surface area contributed by atoms with Gasteiger partial charge < -0.3 is 14.6 Å². The summed E-state index contributed by atoms with van der Waals surface area (Å²) in [6, 6.07) is 8.67. The molecule has 156 valence electrons. The number of benzene rings is 2. The number of hydrogen-bond donors (Lipinski definition) is 1. The molecule has 0 bridgehead atoms. The van der Waals surface area contributed by atoms with Crippen LogP contribution in [0.4, 0.5) is 13.2 Å². The second kappa shape index (κ2) is 11.9. The molecule has 0 aliphatic heterocycles. The lowest BCUT2D eigenvalue weighted by molar-refractivity contribution is -0.138. The van der Waals surface area contributed by atoms with Crippen molar-refractivity contribution in [3.63, 3.8) is 0 Å². The van der Waals surface area contributed by atoms with Gasteiger partial charge in [0.25, 0.3) is 0 Å².